The van der Waals surface area contributed by atoms with Gasteiger partial charge in [-0.05, 0) is 18.6 Å². The quantitative estimate of drug-likeness (QED) is 0.803. The van der Waals surface area contributed by atoms with Crippen LogP contribution in [0.5, 0.6) is 0 Å². The lowest BCUT2D eigenvalue weighted by Crippen LogP contribution is -2.41. The Hall–Kier alpha value is -1.31. The number of halogens is 1. The van der Waals surface area contributed by atoms with E-state index in [0.717, 1.165) is 49.8 Å². The largest absolute Gasteiger partial charge is 0.356 e. The van der Waals surface area contributed by atoms with Crippen LogP contribution in [0.2, 0.25) is 0 Å². The molecule has 2 aromatic rings. The maximum atomic E-state index is 4.56. The Morgan fingerprint density at radius 2 is 2.32 bits per heavy atom. The molecule has 3 rings (SSSR count). The summed E-state index contributed by atoms with van der Waals surface area (Å²) >= 11 is 0. The Labute approximate surface area is 129 Å². The van der Waals surface area contributed by atoms with Gasteiger partial charge in [0.25, 0.3) is 0 Å². The van der Waals surface area contributed by atoms with Crippen LogP contribution in [0.25, 0.3) is 5.65 Å². The second-order valence-corrected chi connectivity index (χ2v) is 4.39. The van der Waals surface area contributed by atoms with Crippen molar-refractivity contribution in [2.75, 3.05) is 19.6 Å². The van der Waals surface area contributed by atoms with Gasteiger partial charge in [-0.15, -0.1) is 24.0 Å². The Morgan fingerprint density at radius 1 is 1.37 bits per heavy atom. The van der Waals surface area contributed by atoms with Gasteiger partial charge in [-0.25, -0.2) is 4.98 Å². The SMILES string of the molecule is I.c1ccn2cc(CCNC3=NCCCN3)nc2c1. The summed E-state index contributed by atoms with van der Waals surface area (Å²) < 4.78 is 2.05. The molecular formula is C13H18IN5. The molecule has 1 aliphatic heterocycles. The summed E-state index contributed by atoms with van der Waals surface area (Å²) in [6.07, 6.45) is 6.12. The molecule has 0 unspecified atom stereocenters. The van der Waals surface area contributed by atoms with E-state index >= 15 is 0 Å². The van der Waals surface area contributed by atoms with Gasteiger partial charge in [0, 0.05) is 38.4 Å². The summed E-state index contributed by atoms with van der Waals surface area (Å²) in [5.41, 5.74) is 2.10. The van der Waals surface area contributed by atoms with Crippen LogP contribution in [0, 0.1) is 0 Å². The molecule has 0 amide bonds. The first-order valence-corrected chi connectivity index (χ1v) is 6.37. The Kier molecular flexibility index (Phi) is 5.00. The van der Waals surface area contributed by atoms with E-state index in [4.69, 9.17) is 0 Å². The summed E-state index contributed by atoms with van der Waals surface area (Å²) in [6.45, 7) is 2.79. The van der Waals surface area contributed by atoms with Gasteiger partial charge in [0.15, 0.2) is 5.96 Å². The van der Waals surface area contributed by atoms with Crippen LogP contribution in [0.3, 0.4) is 0 Å². The van der Waals surface area contributed by atoms with Gasteiger partial charge in [-0.3, -0.25) is 4.99 Å². The van der Waals surface area contributed by atoms with Gasteiger partial charge in [-0.2, -0.15) is 0 Å². The Morgan fingerprint density at radius 3 is 3.11 bits per heavy atom. The summed E-state index contributed by atoms with van der Waals surface area (Å²) in [6, 6.07) is 6.03. The molecular weight excluding hydrogens is 353 g/mol. The van der Waals surface area contributed by atoms with Gasteiger partial charge in [-0.1, -0.05) is 6.07 Å². The number of pyridine rings is 1. The van der Waals surface area contributed by atoms with Crippen molar-refractivity contribution in [2.24, 2.45) is 4.99 Å². The van der Waals surface area contributed by atoms with Crippen molar-refractivity contribution in [1.29, 1.82) is 0 Å². The molecule has 2 N–H and O–H groups in total. The standard InChI is InChI=1S/C13H17N5.HI/c1-2-9-18-10-11(17-12(18)4-1)5-8-16-13-14-6-3-7-15-13;/h1-2,4,9-10H,3,5-8H2,(H2,14,15,16);1H. The monoisotopic (exact) mass is 371 g/mol. The van der Waals surface area contributed by atoms with Crippen LogP contribution in [-0.2, 0) is 6.42 Å². The molecule has 0 aliphatic carbocycles. The molecule has 0 atom stereocenters. The predicted molar refractivity (Wildman–Crippen MR) is 87.2 cm³/mol. The van der Waals surface area contributed by atoms with Crippen molar-refractivity contribution in [3.05, 3.63) is 36.3 Å². The maximum Gasteiger partial charge on any atom is 0.191 e. The van der Waals surface area contributed by atoms with Gasteiger partial charge in [0.2, 0.25) is 0 Å². The lowest BCUT2D eigenvalue weighted by molar-refractivity contribution is 0.698. The first kappa shape index (κ1) is 14.1. The first-order chi connectivity index (χ1) is 8.92. The highest BCUT2D eigenvalue weighted by molar-refractivity contribution is 14.0. The van der Waals surface area contributed by atoms with Gasteiger partial charge >= 0.3 is 0 Å². The molecule has 0 spiro atoms. The van der Waals surface area contributed by atoms with E-state index < -0.39 is 0 Å². The number of fused-ring (bicyclic) bond motifs is 1. The van der Waals surface area contributed by atoms with E-state index in [2.05, 4.69) is 26.8 Å². The highest BCUT2D eigenvalue weighted by atomic mass is 127. The minimum absolute atomic E-state index is 0. The maximum absolute atomic E-state index is 4.56. The average molecular weight is 371 g/mol. The van der Waals surface area contributed by atoms with Gasteiger partial charge in [0.1, 0.15) is 5.65 Å². The first-order valence-electron chi connectivity index (χ1n) is 6.37. The molecule has 3 heterocycles. The van der Waals surface area contributed by atoms with Crippen LogP contribution in [0.1, 0.15) is 12.1 Å². The third-order valence-corrected chi connectivity index (χ3v) is 2.98. The minimum Gasteiger partial charge on any atom is -0.356 e. The summed E-state index contributed by atoms with van der Waals surface area (Å²) in [4.78, 5) is 8.93. The molecule has 1 aliphatic rings. The number of hydrogen-bond acceptors (Lipinski definition) is 4. The van der Waals surface area contributed by atoms with E-state index in [-0.39, 0.29) is 24.0 Å². The number of guanidine groups is 1. The molecule has 0 saturated carbocycles. The van der Waals surface area contributed by atoms with Crippen LogP contribution >= 0.6 is 24.0 Å². The van der Waals surface area contributed by atoms with Crippen molar-refractivity contribution in [1.82, 2.24) is 20.0 Å². The summed E-state index contributed by atoms with van der Waals surface area (Å²) in [5.74, 6) is 0.921. The zero-order chi connectivity index (χ0) is 12.2. The van der Waals surface area contributed by atoms with Gasteiger partial charge in [0.05, 0.1) is 5.69 Å². The topological polar surface area (TPSA) is 53.7 Å². The number of imidazole rings is 1. The molecule has 0 aromatic carbocycles. The fourth-order valence-corrected chi connectivity index (χ4v) is 2.07. The second-order valence-electron chi connectivity index (χ2n) is 4.39. The van der Waals surface area contributed by atoms with E-state index in [9.17, 15) is 0 Å². The number of rotatable bonds is 3. The third-order valence-electron chi connectivity index (χ3n) is 2.98. The van der Waals surface area contributed by atoms with Gasteiger partial charge < -0.3 is 15.0 Å². The van der Waals surface area contributed by atoms with E-state index in [1.807, 2.05) is 28.8 Å². The van der Waals surface area contributed by atoms with Crippen molar-refractivity contribution in [2.45, 2.75) is 12.8 Å². The lowest BCUT2D eigenvalue weighted by Gasteiger charge is -2.15. The highest BCUT2D eigenvalue weighted by Gasteiger charge is 2.04. The number of nitrogens with zero attached hydrogens (tertiary/aromatic N) is 3. The van der Waals surface area contributed by atoms with Crippen molar-refractivity contribution in [3.8, 4) is 0 Å². The second kappa shape index (κ2) is 6.74. The van der Waals surface area contributed by atoms with E-state index in [0.29, 0.717) is 0 Å². The number of aliphatic imine (C=N–C) groups is 1. The summed E-state index contributed by atoms with van der Waals surface area (Å²) in [5, 5.41) is 6.55. The number of aromatic nitrogens is 2. The molecule has 5 nitrogen and oxygen atoms in total. The lowest BCUT2D eigenvalue weighted by atomic mass is 10.3. The van der Waals surface area contributed by atoms with Crippen LogP contribution in [0.4, 0.5) is 0 Å². The third kappa shape index (κ3) is 3.59. The number of nitrogens with one attached hydrogen (secondary N) is 2. The predicted octanol–water partition coefficient (Wildman–Crippen LogP) is 1.43. The molecule has 0 fully saturated rings. The fraction of sp³-hybridized carbons (Fsp3) is 0.385. The highest BCUT2D eigenvalue weighted by Crippen LogP contribution is 2.04. The molecule has 2 aromatic heterocycles. The fourth-order valence-electron chi connectivity index (χ4n) is 2.07. The molecule has 6 heteroatoms. The molecule has 102 valence electrons. The van der Waals surface area contributed by atoms with E-state index in [1.165, 1.54) is 0 Å². The minimum atomic E-state index is 0. The molecule has 0 bridgehead atoms. The van der Waals surface area contributed by atoms with Crippen LogP contribution < -0.4 is 10.6 Å². The Balaban J connectivity index is 0.00000133. The summed E-state index contributed by atoms with van der Waals surface area (Å²) in [7, 11) is 0. The number of hydrogen-bond donors (Lipinski definition) is 2. The zero-order valence-electron chi connectivity index (χ0n) is 10.7. The van der Waals surface area contributed by atoms with Crippen molar-refractivity contribution in [3.63, 3.8) is 0 Å². The smallest absolute Gasteiger partial charge is 0.191 e. The van der Waals surface area contributed by atoms with Crippen molar-refractivity contribution >= 4 is 35.6 Å². The van der Waals surface area contributed by atoms with Crippen molar-refractivity contribution < 1.29 is 0 Å². The molecule has 0 saturated heterocycles. The Bertz CT molecular complexity index is 530. The van der Waals surface area contributed by atoms with Crippen LogP contribution in [-0.4, -0.2) is 35.0 Å². The zero-order valence-corrected chi connectivity index (χ0v) is 13.0. The normalized spacial score (nSPS) is 14.4. The van der Waals surface area contributed by atoms with E-state index in [1.54, 1.807) is 0 Å². The average Bonchev–Trinajstić information content (AvgIpc) is 2.82. The molecule has 19 heavy (non-hydrogen) atoms. The molecule has 0 radical (unpaired) electrons. The van der Waals surface area contributed by atoms with Crippen LogP contribution in [0.15, 0.2) is 35.6 Å².